The molecule has 0 N–H and O–H groups in total. The number of aromatic nitrogens is 1. The van der Waals surface area contributed by atoms with Crippen LogP contribution in [0.4, 0.5) is 0 Å². The first-order valence-corrected chi connectivity index (χ1v) is 16.3. The van der Waals surface area contributed by atoms with E-state index in [2.05, 4.69) is 164 Å². The van der Waals surface area contributed by atoms with Crippen molar-refractivity contribution in [1.29, 1.82) is 0 Å². The van der Waals surface area contributed by atoms with E-state index in [1.807, 2.05) is 6.07 Å². The molecule has 0 unspecified atom stereocenters. The van der Waals surface area contributed by atoms with Gasteiger partial charge in [0, 0.05) is 32.6 Å². The number of hydrogen-bond acceptors (Lipinski definition) is 1. The van der Waals surface area contributed by atoms with Crippen molar-refractivity contribution in [1.82, 2.24) is 4.57 Å². The van der Waals surface area contributed by atoms with Crippen LogP contribution in [0.2, 0.25) is 0 Å². The zero-order valence-corrected chi connectivity index (χ0v) is 26.3. The summed E-state index contributed by atoms with van der Waals surface area (Å²) in [6.07, 6.45) is 0. The molecule has 0 aliphatic heterocycles. The van der Waals surface area contributed by atoms with Crippen LogP contribution in [0.15, 0.2) is 156 Å². The highest BCUT2D eigenvalue weighted by Gasteiger charge is 2.36. The fourth-order valence-electron chi connectivity index (χ4n) is 8.02. The van der Waals surface area contributed by atoms with Crippen LogP contribution in [0.3, 0.4) is 0 Å². The van der Waals surface area contributed by atoms with Crippen molar-refractivity contribution in [3.05, 3.63) is 163 Å². The second kappa shape index (κ2) is 9.57. The van der Waals surface area contributed by atoms with Gasteiger partial charge in [-0.3, -0.25) is 0 Å². The highest BCUT2D eigenvalue weighted by molar-refractivity contribution is 6.12. The summed E-state index contributed by atoms with van der Waals surface area (Å²) in [5, 5.41) is 4.87. The number of nitrogens with zero attached hydrogens (tertiary/aromatic N) is 1. The van der Waals surface area contributed by atoms with Gasteiger partial charge in [-0.25, -0.2) is 0 Å². The van der Waals surface area contributed by atoms with E-state index in [1.165, 1.54) is 77.1 Å². The number of hydrogen-bond donors (Lipinski definition) is 0. The van der Waals surface area contributed by atoms with Crippen LogP contribution < -0.4 is 0 Å². The molecule has 1 aliphatic rings. The number of rotatable bonds is 3. The largest absolute Gasteiger partial charge is 0.456 e. The Hall–Kier alpha value is -5.86. The molecule has 222 valence electrons. The molecule has 0 atom stereocenters. The molecule has 9 aromatic rings. The van der Waals surface area contributed by atoms with Crippen LogP contribution in [0.5, 0.6) is 0 Å². The van der Waals surface area contributed by atoms with Crippen molar-refractivity contribution in [3.8, 4) is 39.1 Å². The van der Waals surface area contributed by atoms with Crippen LogP contribution in [0.1, 0.15) is 25.0 Å². The maximum Gasteiger partial charge on any atom is 0.136 e. The first kappa shape index (κ1) is 26.4. The Morgan fingerprint density at radius 2 is 1.02 bits per heavy atom. The normalized spacial score (nSPS) is 13.5. The Morgan fingerprint density at radius 1 is 0.426 bits per heavy atom. The molecule has 2 nitrogen and oxygen atoms in total. The quantitative estimate of drug-likeness (QED) is 0.197. The SMILES string of the molecule is CC1(C)c2ccc(-n3c4ccc(-c5ccccc5)cc4c4cc(-c5ccccc5)ccc43)cc2-c2cc3oc4ccccc4c3cc21. The molecule has 2 heterocycles. The fraction of sp³-hybridized carbons (Fsp3) is 0.0667. The zero-order valence-electron chi connectivity index (χ0n) is 26.3. The third kappa shape index (κ3) is 3.79. The molecular formula is C45H31NO. The second-order valence-corrected chi connectivity index (χ2v) is 13.4. The van der Waals surface area contributed by atoms with Gasteiger partial charge in [0.1, 0.15) is 11.2 Å². The van der Waals surface area contributed by atoms with Crippen molar-refractivity contribution < 1.29 is 4.42 Å². The fourth-order valence-corrected chi connectivity index (χ4v) is 8.02. The summed E-state index contributed by atoms with van der Waals surface area (Å²) in [6, 6.07) is 55.2. The Kier molecular flexibility index (Phi) is 5.37. The monoisotopic (exact) mass is 601 g/mol. The minimum Gasteiger partial charge on any atom is -0.456 e. The van der Waals surface area contributed by atoms with Gasteiger partial charge in [-0.1, -0.05) is 111 Å². The second-order valence-electron chi connectivity index (χ2n) is 13.4. The molecule has 2 heteroatoms. The molecule has 0 radical (unpaired) electrons. The smallest absolute Gasteiger partial charge is 0.136 e. The predicted molar refractivity (Wildman–Crippen MR) is 196 cm³/mol. The molecule has 0 spiro atoms. The van der Waals surface area contributed by atoms with E-state index < -0.39 is 0 Å². The van der Waals surface area contributed by atoms with Gasteiger partial charge in [-0.15, -0.1) is 0 Å². The molecule has 47 heavy (non-hydrogen) atoms. The van der Waals surface area contributed by atoms with Gasteiger partial charge in [-0.2, -0.15) is 0 Å². The molecule has 2 aromatic heterocycles. The summed E-state index contributed by atoms with van der Waals surface area (Å²) in [5.41, 5.74) is 15.5. The summed E-state index contributed by atoms with van der Waals surface area (Å²) < 4.78 is 8.81. The molecule has 0 fully saturated rings. The standard InChI is InChI=1S/C45H31NO/c1-45(2)39-20-19-32(25-34(39)35-27-44-38(26-40(35)45)33-15-9-10-16-43(33)47-44)46-41-21-17-30(28-11-5-3-6-12-28)23-36(41)37-24-31(18-22-42(37)46)29-13-7-4-8-14-29/h3-27H,1-2H3. The Balaban J connectivity index is 1.22. The molecule has 0 saturated carbocycles. The zero-order chi connectivity index (χ0) is 31.3. The maximum absolute atomic E-state index is 6.37. The van der Waals surface area contributed by atoms with E-state index in [0.717, 1.165) is 16.9 Å². The summed E-state index contributed by atoms with van der Waals surface area (Å²) in [4.78, 5) is 0. The molecule has 7 aromatic carbocycles. The van der Waals surface area contributed by atoms with Gasteiger partial charge in [0.25, 0.3) is 0 Å². The molecule has 0 amide bonds. The molecule has 10 rings (SSSR count). The minimum absolute atomic E-state index is 0.119. The first-order valence-electron chi connectivity index (χ1n) is 16.3. The van der Waals surface area contributed by atoms with Gasteiger partial charge in [-0.05, 0) is 99.1 Å². The maximum atomic E-state index is 6.37. The van der Waals surface area contributed by atoms with Crippen molar-refractivity contribution in [2.24, 2.45) is 0 Å². The van der Waals surface area contributed by atoms with Crippen LogP contribution in [-0.4, -0.2) is 4.57 Å². The summed E-state index contributed by atoms with van der Waals surface area (Å²) >= 11 is 0. The molecule has 0 saturated heterocycles. The van der Waals surface area contributed by atoms with Crippen molar-refractivity contribution in [2.45, 2.75) is 19.3 Å². The highest BCUT2D eigenvalue weighted by atomic mass is 16.3. The Morgan fingerprint density at radius 3 is 1.68 bits per heavy atom. The summed E-state index contributed by atoms with van der Waals surface area (Å²) in [7, 11) is 0. The lowest BCUT2D eigenvalue weighted by atomic mass is 9.82. The first-order chi connectivity index (χ1) is 23.0. The van der Waals surface area contributed by atoms with E-state index in [-0.39, 0.29) is 5.41 Å². The predicted octanol–water partition coefficient (Wildman–Crippen LogP) is 12.3. The van der Waals surface area contributed by atoms with Crippen LogP contribution in [-0.2, 0) is 5.41 Å². The molecular weight excluding hydrogens is 571 g/mol. The number of fused-ring (bicyclic) bond motifs is 9. The number of benzene rings is 7. The van der Waals surface area contributed by atoms with Gasteiger partial charge < -0.3 is 8.98 Å². The number of para-hydroxylation sites is 1. The Labute approximate surface area is 273 Å². The summed E-state index contributed by atoms with van der Waals surface area (Å²) in [5.74, 6) is 0. The van der Waals surface area contributed by atoms with Crippen molar-refractivity contribution in [2.75, 3.05) is 0 Å². The van der Waals surface area contributed by atoms with E-state index >= 15 is 0 Å². The van der Waals surface area contributed by atoms with E-state index in [4.69, 9.17) is 4.42 Å². The lowest BCUT2D eigenvalue weighted by Crippen LogP contribution is -2.14. The van der Waals surface area contributed by atoms with Crippen LogP contribution >= 0.6 is 0 Å². The van der Waals surface area contributed by atoms with E-state index in [0.29, 0.717) is 0 Å². The van der Waals surface area contributed by atoms with E-state index in [9.17, 15) is 0 Å². The Bertz CT molecular complexity index is 2590. The van der Waals surface area contributed by atoms with Gasteiger partial charge in [0.15, 0.2) is 0 Å². The third-order valence-electron chi connectivity index (χ3n) is 10.4. The molecule has 0 bridgehead atoms. The third-order valence-corrected chi connectivity index (χ3v) is 10.4. The minimum atomic E-state index is -0.119. The molecule has 1 aliphatic carbocycles. The van der Waals surface area contributed by atoms with Crippen molar-refractivity contribution in [3.63, 3.8) is 0 Å². The van der Waals surface area contributed by atoms with Crippen molar-refractivity contribution >= 4 is 43.7 Å². The van der Waals surface area contributed by atoms with Crippen LogP contribution in [0, 0.1) is 0 Å². The van der Waals surface area contributed by atoms with E-state index in [1.54, 1.807) is 0 Å². The average Bonchev–Trinajstić information content (AvgIpc) is 3.72. The topological polar surface area (TPSA) is 18.1 Å². The lowest BCUT2D eigenvalue weighted by Gasteiger charge is -2.21. The van der Waals surface area contributed by atoms with Crippen LogP contribution in [0.25, 0.3) is 82.8 Å². The summed E-state index contributed by atoms with van der Waals surface area (Å²) in [6.45, 7) is 4.70. The average molecular weight is 602 g/mol. The van der Waals surface area contributed by atoms with Gasteiger partial charge >= 0.3 is 0 Å². The van der Waals surface area contributed by atoms with Gasteiger partial charge in [0.2, 0.25) is 0 Å². The van der Waals surface area contributed by atoms with Gasteiger partial charge in [0.05, 0.1) is 11.0 Å². The number of furan rings is 1. The highest BCUT2D eigenvalue weighted by Crippen LogP contribution is 2.51. The lowest BCUT2D eigenvalue weighted by molar-refractivity contribution is 0.657.